The number of aryl methyl sites for hydroxylation is 2. The van der Waals surface area contributed by atoms with Crippen molar-refractivity contribution in [2.75, 3.05) is 13.1 Å². The Morgan fingerprint density at radius 3 is 2.59 bits per heavy atom. The lowest BCUT2D eigenvalue weighted by molar-refractivity contribution is -0.0705. The average molecular weight is 394 g/mol. The van der Waals surface area contributed by atoms with Crippen LogP contribution in [-0.2, 0) is 31.4 Å². The van der Waals surface area contributed by atoms with E-state index in [-0.39, 0.29) is 0 Å². The molecular weight excluding hydrogens is 362 g/mol. The predicted molar refractivity (Wildman–Crippen MR) is 116 cm³/mol. The molecule has 1 fully saturated rings. The van der Waals surface area contributed by atoms with Gasteiger partial charge in [-0.1, -0.05) is 24.3 Å². The second kappa shape index (κ2) is 8.61. The quantitative estimate of drug-likeness (QED) is 0.697. The summed E-state index contributed by atoms with van der Waals surface area (Å²) in [6, 6.07) is 10.9. The average Bonchev–Trinajstić information content (AvgIpc) is 2.96. The van der Waals surface area contributed by atoms with Gasteiger partial charge < -0.3 is 10.1 Å². The van der Waals surface area contributed by atoms with Crippen molar-refractivity contribution in [3.63, 3.8) is 0 Å². The van der Waals surface area contributed by atoms with Crippen LogP contribution >= 0.6 is 0 Å². The van der Waals surface area contributed by atoms with Crippen molar-refractivity contribution in [3.05, 3.63) is 58.9 Å². The topological polar surface area (TPSA) is 55.2 Å². The van der Waals surface area contributed by atoms with Crippen molar-refractivity contribution in [2.45, 2.75) is 52.6 Å². The number of ether oxygens (including phenoxy) is 1. The SMILES string of the molecule is Cc1nn(C)c2ncc(CNCc3ccccc3CN3C[C@@H](C)O[C@@H](C)C3)cc12. The van der Waals surface area contributed by atoms with Crippen LogP contribution < -0.4 is 5.32 Å². The van der Waals surface area contributed by atoms with Crippen molar-refractivity contribution in [1.82, 2.24) is 25.0 Å². The number of pyridine rings is 1. The molecule has 0 spiro atoms. The number of aromatic nitrogens is 3. The first-order chi connectivity index (χ1) is 14.0. The normalized spacial score (nSPS) is 20.4. The first kappa shape index (κ1) is 20.0. The van der Waals surface area contributed by atoms with Gasteiger partial charge in [0.05, 0.1) is 17.9 Å². The van der Waals surface area contributed by atoms with Crippen LogP contribution in [0.5, 0.6) is 0 Å². The number of benzene rings is 1. The zero-order valence-corrected chi connectivity index (χ0v) is 17.9. The Kier molecular flexibility index (Phi) is 5.94. The summed E-state index contributed by atoms with van der Waals surface area (Å²) in [5.41, 5.74) is 5.88. The highest BCUT2D eigenvalue weighted by atomic mass is 16.5. The summed E-state index contributed by atoms with van der Waals surface area (Å²) in [5.74, 6) is 0. The van der Waals surface area contributed by atoms with Crippen LogP contribution in [0.3, 0.4) is 0 Å². The molecule has 0 unspecified atom stereocenters. The van der Waals surface area contributed by atoms with Gasteiger partial charge in [0.15, 0.2) is 5.65 Å². The van der Waals surface area contributed by atoms with Gasteiger partial charge in [0.2, 0.25) is 0 Å². The fraction of sp³-hybridized carbons (Fsp3) is 0.478. The molecule has 2 atom stereocenters. The highest BCUT2D eigenvalue weighted by molar-refractivity contribution is 5.78. The minimum Gasteiger partial charge on any atom is -0.373 e. The van der Waals surface area contributed by atoms with Crippen LogP contribution in [0.4, 0.5) is 0 Å². The van der Waals surface area contributed by atoms with Gasteiger partial charge >= 0.3 is 0 Å². The van der Waals surface area contributed by atoms with E-state index < -0.39 is 0 Å². The maximum absolute atomic E-state index is 5.87. The largest absolute Gasteiger partial charge is 0.373 e. The molecule has 0 radical (unpaired) electrons. The van der Waals surface area contributed by atoms with Gasteiger partial charge in [-0.15, -0.1) is 0 Å². The number of morpholine rings is 1. The van der Waals surface area contributed by atoms with E-state index in [4.69, 9.17) is 4.74 Å². The molecule has 1 aromatic carbocycles. The Hall–Kier alpha value is -2.28. The van der Waals surface area contributed by atoms with Crippen LogP contribution in [0.15, 0.2) is 36.5 Å². The second-order valence-corrected chi connectivity index (χ2v) is 8.25. The standard InChI is InChI=1S/C23H31N5O/c1-16-13-28(14-17(2)29-16)15-21-8-6-5-7-20(21)12-24-10-19-9-22-18(3)26-27(4)23(22)25-11-19/h5-9,11,16-17,24H,10,12-15H2,1-4H3/t16-,17+. The van der Waals surface area contributed by atoms with Gasteiger partial charge in [-0.2, -0.15) is 5.10 Å². The molecule has 2 aromatic heterocycles. The molecule has 4 rings (SSSR count). The van der Waals surface area contributed by atoms with Crippen molar-refractivity contribution in [2.24, 2.45) is 7.05 Å². The van der Waals surface area contributed by atoms with Gasteiger partial charge in [-0.25, -0.2) is 4.98 Å². The smallest absolute Gasteiger partial charge is 0.157 e. The molecule has 0 saturated carbocycles. The third-order valence-corrected chi connectivity index (χ3v) is 5.57. The van der Waals surface area contributed by atoms with E-state index in [1.807, 2.05) is 24.9 Å². The summed E-state index contributed by atoms with van der Waals surface area (Å²) in [6.07, 6.45) is 2.53. The van der Waals surface area contributed by atoms with E-state index in [2.05, 4.69) is 64.5 Å². The highest BCUT2D eigenvalue weighted by Crippen LogP contribution is 2.18. The molecule has 1 aliphatic heterocycles. The third kappa shape index (κ3) is 4.66. The van der Waals surface area contributed by atoms with E-state index in [0.29, 0.717) is 12.2 Å². The number of nitrogens with zero attached hydrogens (tertiary/aromatic N) is 4. The minimum atomic E-state index is 0.294. The van der Waals surface area contributed by atoms with Crippen LogP contribution in [0.1, 0.15) is 36.2 Å². The van der Waals surface area contributed by atoms with Crippen molar-refractivity contribution in [1.29, 1.82) is 0 Å². The molecule has 1 saturated heterocycles. The predicted octanol–water partition coefficient (Wildman–Crippen LogP) is 3.18. The van der Waals surface area contributed by atoms with Crippen molar-refractivity contribution in [3.8, 4) is 0 Å². The number of rotatable bonds is 6. The number of hydrogen-bond acceptors (Lipinski definition) is 5. The summed E-state index contributed by atoms with van der Waals surface area (Å²) in [5, 5.41) is 9.18. The zero-order chi connectivity index (χ0) is 20.4. The lowest BCUT2D eigenvalue weighted by Crippen LogP contribution is -2.45. The van der Waals surface area contributed by atoms with Gasteiger partial charge in [-0.05, 0) is 43.5 Å². The summed E-state index contributed by atoms with van der Waals surface area (Å²) in [7, 11) is 1.94. The van der Waals surface area contributed by atoms with E-state index >= 15 is 0 Å². The molecule has 1 aliphatic rings. The molecule has 6 nitrogen and oxygen atoms in total. The maximum atomic E-state index is 5.87. The first-order valence-corrected chi connectivity index (χ1v) is 10.4. The fourth-order valence-electron chi connectivity index (χ4n) is 4.33. The van der Waals surface area contributed by atoms with Gasteiger partial charge in [0.25, 0.3) is 0 Å². The summed E-state index contributed by atoms with van der Waals surface area (Å²) in [6.45, 7) is 10.9. The van der Waals surface area contributed by atoms with Crippen LogP contribution in [0.25, 0.3) is 11.0 Å². The number of hydrogen-bond donors (Lipinski definition) is 1. The summed E-state index contributed by atoms with van der Waals surface area (Å²) in [4.78, 5) is 7.08. The lowest BCUT2D eigenvalue weighted by Gasteiger charge is -2.35. The Morgan fingerprint density at radius 2 is 1.83 bits per heavy atom. The molecule has 0 amide bonds. The molecule has 6 heteroatoms. The van der Waals surface area contributed by atoms with E-state index in [1.165, 1.54) is 16.7 Å². The molecular formula is C23H31N5O. The molecule has 3 aromatic rings. The lowest BCUT2D eigenvalue weighted by atomic mass is 10.1. The van der Waals surface area contributed by atoms with Gasteiger partial charge in [0, 0.05) is 51.4 Å². The maximum Gasteiger partial charge on any atom is 0.157 e. The molecule has 3 heterocycles. The first-order valence-electron chi connectivity index (χ1n) is 10.4. The van der Waals surface area contributed by atoms with Gasteiger partial charge in [0.1, 0.15) is 0 Å². The summed E-state index contributed by atoms with van der Waals surface area (Å²) < 4.78 is 7.71. The summed E-state index contributed by atoms with van der Waals surface area (Å²) >= 11 is 0. The Balaban J connectivity index is 1.39. The molecule has 0 bridgehead atoms. The number of nitrogens with one attached hydrogen (secondary N) is 1. The minimum absolute atomic E-state index is 0.294. The Labute approximate surface area is 172 Å². The van der Waals surface area contributed by atoms with Gasteiger partial charge in [-0.3, -0.25) is 9.58 Å². The van der Waals surface area contributed by atoms with E-state index in [9.17, 15) is 0 Å². The molecule has 1 N–H and O–H groups in total. The Bertz CT molecular complexity index is 973. The highest BCUT2D eigenvalue weighted by Gasteiger charge is 2.22. The number of fused-ring (bicyclic) bond motifs is 1. The molecule has 29 heavy (non-hydrogen) atoms. The molecule has 0 aliphatic carbocycles. The van der Waals surface area contributed by atoms with Crippen LogP contribution in [0.2, 0.25) is 0 Å². The zero-order valence-electron chi connectivity index (χ0n) is 17.9. The van der Waals surface area contributed by atoms with Crippen molar-refractivity contribution >= 4 is 11.0 Å². The van der Waals surface area contributed by atoms with Crippen LogP contribution in [0, 0.1) is 6.92 Å². The van der Waals surface area contributed by atoms with E-state index in [1.54, 1.807) is 0 Å². The van der Waals surface area contributed by atoms with Crippen molar-refractivity contribution < 1.29 is 4.74 Å². The second-order valence-electron chi connectivity index (χ2n) is 8.25. The third-order valence-electron chi connectivity index (χ3n) is 5.57. The monoisotopic (exact) mass is 393 g/mol. The molecule has 154 valence electrons. The Morgan fingerprint density at radius 1 is 1.10 bits per heavy atom. The van der Waals surface area contributed by atoms with E-state index in [0.717, 1.165) is 49.5 Å². The fourth-order valence-corrected chi connectivity index (χ4v) is 4.33. The van der Waals surface area contributed by atoms with Crippen LogP contribution in [-0.4, -0.2) is 45.0 Å².